The summed E-state index contributed by atoms with van der Waals surface area (Å²) in [6.45, 7) is 0. The SMILES string of the molecule is O=c1c(O)c(-c2ccc(Oc3ccccc3)cc2)oc2cc(O)c(O)cc12. The van der Waals surface area contributed by atoms with Crippen LogP contribution in [0.1, 0.15) is 0 Å². The van der Waals surface area contributed by atoms with Crippen molar-refractivity contribution in [2.75, 3.05) is 0 Å². The monoisotopic (exact) mass is 362 g/mol. The van der Waals surface area contributed by atoms with Crippen molar-refractivity contribution >= 4 is 11.0 Å². The summed E-state index contributed by atoms with van der Waals surface area (Å²) in [7, 11) is 0. The summed E-state index contributed by atoms with van der Waals surface area (Å²) in [6, 6.07) is 18.1. The Labute approximate surface area is 153 Å². The fourth-order valence-corrected chi connectivity index (χ4v) is 2.70. The molecule has 0 radical (unpaired) electrons. The first-order valence-corrected chi connectivity index (χ1v) is 8.08. The van der Waals surface area contributed by atoms with Gasteiger partial charge in [-0.1, -0.05) is 18.2 Å². The Morgan fingerprint density at radius 2 is 1.41 bits per heavy atom. The summed E-state index contributed by atoms with van der Waals surface area (Å²) in [5.41, 5.74) is -0.196. The van der Waals surface area contributed by atoms with Gasteiger partial charge in [0.1, 0.15) is 17.1 Å². The molecule has 0 saturated carbocycles. The highest BCUT2D eigenvalue weighted by Crippen LogP contribution is 2.35. The number of phenolic OH excluding ortho intramolecular Hbond substituents is 2. The van der Waals surface area contributed by atoms with Crippen molar-refractivity contribution < 1.29 is 24.5 Å². The van der Waals surface area contributed by atoms with Gasteiger partial charge in [0.15, 0.2) is 17.3 Å². The smallest absolute Gasteiger partial charge is 0.235 e. The Kier molecular flexibility index (Phi) is 3.93. The van der Waals surface area contributed by atoms with Gasteiger partial charge in [0, 0.05) is 11.6 Å². The molecule has 4 rings (SSSR count). The predicted molar refractivity (Wildman–Crippen MR) is 99.4 cm³/mol. The molecule has 0 amide bonds. The molecular weight excluding hydrogens is 348 g/mol. The number of hydrogen-bond donors (Lipinski definition) is 3. The maximum absolute atomic E-state index is 12.4. The van der Waals surface area contributed by atoms with Crippen LogP contribution < -0.4 is 10.2 Å². The molecule has 0 unspecified atom stereocenters. The Morgan fingerprint density at radius 1 is 0.778 bits per heavy atom. The lowest BCUT2D eigenvalue weighted by molar-refractivity contribution is 0.403. The quantitative estimate of drug-likeness (QED) is 0.468. The lowest BCUT2D eigenvalue weighted by atomic mass is 10.1. The van der Waals surface area contributed by atoms with Gasteiger partial charge in [-0.25, -0.2) is 0 Å². The molecule has 0 fully saturated rings. The fraction of sp³-hybridized carbons (Fsp3) is 0. The van der Waals surface area contributed by atoms with Crippen LogP contribution in [0.15, 0.2) is 75.9 Å². The van der Waals surface area contributed by atoms with E-state index in [1.807, 2.05) is 30.3 Å². The van der Waals surface area contributed by atoms with Gasteiger partial charge in [-0.05, 0) is 42.5 Å². The van der Waals surface area contributed by atoms with Crippen molar-refractivity contribution in [1.82, 2.24) is 0 Å². The molecule has 27 heavy (non-hydrogen) atoms. The molecule has 0 aliphatic heterocycles. The number of para-hydroxylation sites is 1. The van der Waals surface area contributed by atoms with E-state index in [0.717, 1.165) is 12.1 Å². The maximum atomic E-state index is 12.4. The molecule has 6 nitrogen and oxygen atoms in total. The molecule has 0 saturated heterocycles. The van der Waals surface area contributed by atoms with E-state index in [2.05, 4.69) is 0 Å². The Morgan fingerprint density at radius 3 is 2.11 bits per heavy atom. The van der Waals surface area contributed by atoms with Crippen LogP contribution in [0.5, 0.6) is 28.7 Å². The Hall–Kier alpha value is -3.93. The third-order valence-electron chi connectivity index (χ3n) is 4.06. The fourth-order valence-electron chi connectivity index (χ4n) is 2.70. The molecule has 4 aromatic rings. The molecule has 0 spiro atoms. The average Bonchev–Trinajstić information content (AvgIpc) is 2.68. The van der Waals surface area contributed by atoms with Gasteiger partial charge < -0.3 is 24.5 Å². The molecule has 1 aromatic heterocycles. The van der Waals surface area contributed by atoms with Crippen LogP contribution in [0.4, 0.5) is 0 Å². The van der Waals surface area contributed by atoms with E-state index in [9.17, 15) is 20.1 Å². The first-order chi connectivity index (χ1) is 13.0. The zero-order chi connectivity index (χ0) is 19.0. The van der Waals surface area contributed by atoms with Crippen LogP contribution in [0.25, 0.3) is 22.3 Å². The number of rotatable bonds is 3. The number of benzene rings is 3. The molecule has 3 N–H and O–H groups in total. The lowest BCUT2D eigenvalue weighted by Gasteiger charge is -2.09. The van der Waals surface area contributed by atoms with E-state index in [1.165, 1.54) is 0 Å². The highest BCUT2D eigenvalue weighted by atomic mass is 16.5. The number of fused-ring (bicyclic) bond motifs is 1. The van der Waals surface area contributed by atoms with Crippen molar-refractivity contribution in [2.45, 2.75) is 0 Å². The van der Waals surface area contributed by atoms with Crippen LogP contribution in [-0.4, -0.2) is 15.3 Å². The zero-order valence-electron chi connectivity index (χ0n) is 13.9. The van der Waals surface area contributed by atoms with E-state index in [0.29, 0.717) is 17.1 Å². The summed E-state index contributed by atoms with van der Waals surface area (Å²) in [5.74, 6) is -0.248. The normalized spacial score (nSPS) is 10.8. The molecule has 3 aromatic carbocycles. The number of aromatic hydroxyl groups is 3. The third kappa shape index (κ3) is 3.04. The van der Waals surface area contributed by atoms with E-state index in [-0.39, 0.29) is 16.7 Å². The third-order valence-corrected chi connectivity index (χ3v) is 4.06. The predicted octanol–water partition coefficient (Wildman–Crippen LogP) is 4.37. The molecule has 134 valence electrons. The minimum Gasteiger partial charge on any atom is -0.504 e. The highest BCUT2D eigenvalue weighted by Gasteiger charge is 2.17. The minimum absolute atomic E-state index is 0.0319. The number of phenols is 2. The van der Waals surface area contributed by atoms with E-state index >= 15 is 0 Å². The first-order valence-electron chi connectivity index (χ1n) is 8.08. The minimum atomic E-state index is -0.703. The Balaban J connectivity index is 1.75. The van der Waals surface area contributed by atoms with E-state index in [1.54, 1.807) is 24.3 Å². The zero-order valence-corrected chi connectivity index (χ0v) is 13.9. The van der Waals surface area contributed by atoms with Crippen molar-refractivity contribution in [3.8, 4) is 40.1 Å². The standard InChI is InChI=1S/C21H14O6/c22-16-10-15-18(11-17(16)23)27-21(20(25)19(15)24)12-6-8-14(9-7-12)26-13-4-2-1-3-5-13/h1-11,22-23,25H. The molecule has 0 aliphatic carbocycles. The van der Waals surface area contributed by atoms with Crippen molar-refractivity contribution in [2.24, 2.45) is 0 Å². The van der Waals surface area contributed by atoms with Crippen molar-refractivity contribution in [1.29, 1.82) is 0 Å². The van der Waals surface area contributed by atoms with Crippen LogP contribution in [0.2, 0.25) is 0 Å². The van der Waals surface area contributed by atoms with Crippen LogP contribution in [0, 0.1) is 0 Å². The largest absolute Gasteiger partial charge is 0.504 e. The molecule has 6 heteroatoms. The van der Waals surface area contributed by atoms with Gasteiger partial charge >= 0.3 is 0 Å². The average molecular weight is 362 g/mol. The summed E-state index contributed by atoms with van der Waals surface area (Å²) >= 11 is 0. The summed E-state index contributed by atoms with van der Waals surface area (Å²) in [6.07, 6.45) is 0. The van der Waals surface area contributed by atoms with Gasteiger partial charge in [0.05, 0.1) is 5.39 Å². The number of ether oxygens (including phenoxy) is 1. The van der Waals surface area contributed by atoms with Gasteiger partial charge in [-0.15, -0.1) is 0 Å². The molecule has 0 bridgehead atoms. The van der Waals surface area contributed by atoms with Gasteiger partial charge in [0.25, 0.3) is 0 Å². The van der Waals surface area contributed by atoms with Crippen LogP contribution in [-0.2, 0) is 0 Å². The molecule has 0 aliphatic rings. The summed E-state index contributed by atoms with van der Waals surface area (Å²) in [5, 5.41) is 29.4. The second kappa shape index (κ2) is 6.42. The highest BCUT2D eigenvalue weighted by molar-refractivity contribution is 5.84. The lowest BCUT2D eigenvalue weighted by Crippen LogP contribution is -2.02. The molecular formula is C21H14O6. The summed E-state index contributed by atoms with van der Waals surface area (Å²) in [4.78, 5) is 12.4. The molecule has 1 heterocycles. The van der Waals surface area contributed by atoms with E-state index in [4.69, 9.17) is 9.15 Å². The second-order valence-electron chi connectivity index (χ2n) is 5.89. The van der Waals surface area contributed by atoms with Crippen LogP contribution in [0.3, 0.4) is 0 Å². The maximum Gasteiger partial charge on any atom is 0.235 e. The molecule has 0 atom stereocenters. The van der Waals surface area contributed by atoms with Gasteiger partial charge in [-0.2, -0.15) is 0 Å². The van der Waals surface area contributed by atoms with Gasteiger partial charge in [-0.3, -0.25) is 4.79 Å². The van der Waals surface area contributed by atoms with Crippen molar-refractivity contribution in [3.05, 3.63) is 77.0 Å². The van der Waals surface area contributed by atoms with E-state index < -0.39 is 22.7 Å². The Bertz CT molecular complexity index is 1180. The topological polar surface area (TPSA) is 100 Å². The summed E-state index contributed by atoms with van der Waals surface area (Å²) < 4.78 is 11.3. The first kappa shape index (κ1) is 16.5. The van der Waals surface area contributed by atoms with Crippen molar-refractivity contribution in [3.63, 3.8) is 0 Å². The van der Waals surface area contributed by atoms with Gasteiger partial charge in [0.2, 0.25) is 11.2 Å². The number of hydrogen-bond acceptors (Lipinski definition) is 6. The van der Waals surface area contributed by atoms with Crippen LogP contribution >= 0.6 is 0 Å². The second-order valence-corrected chi connectivity index (χ2v) is 5.89.